The minimum Gasteiger partial charge on any atom is -0.382 e. The van der Waals surface area contributed by atoms with Crippen molar-refractivity contribution in [3.63, 3.8) is 0 Å². The van der Waals surface area contributed by atoms with E-state index >= 15 is 0 Å². The fourth-order valence-corrected chi connectivity index (χ4v) is 1.97. The number of nitrogens with one attached hydrogen (secondary N) is 1. The van der Waals surface area contributed by atoms with Gasteiger partial charge in [0.25, 0.3) is 0 Å². The highest BCUT2D eigenvalue weighted by Gasteiger charge is 2.09. The van der Waals surface area contributed by atoms with Gasteiger partial charge in [0.15, 0.2) is 5.82 Å². The number of benzene rings is 1. The van der Waals surface area contributed by atoms with E-state index in [0.29, 0.717) is 17.9 Å². The number of aromatic nitrogens is 1. The molecule has 0 amide bonds. The van der Waals surface area contributed by atoms with E-state index in [0.717, 1.165) is 10.6 Å². The molecule has 0 fully saturated rings. The zero-order valence-electron chi connectivity index (χ0n) is 8.47. The Bertz CT molecular complexity index is 513. The van der Waals surface area contributed by atoms with Crippen LogP contribution in [0, 0.1) is 11.3 Å². The fourth-order valence-electron chi connectivity index (χ4n) is 1.31. The number of nitrogens with zero attached hydrogens (tertiary/aromatic N) is 2. The average molecular weight is 230 g/mol. The highest BCUT2D eigenvalue weighted by molar-refractivity contribution is 7.10. The molecule has 0 bridgehead atoms. The topological polar surface area (TPSA) is 74.7 Å². The molecule has 1 aromatic heterocycles. The van der Waals surface area contributed by atoms with Gasteiger partial charge < -0.3 is 11.1 Å². The van der Waals surface area contributed by atoms with Gasteiger partial charge in [0, 0.05) is 6.54 Å². The molecule has 1 heterocycles. The van der Waals surface area contributed by atoms with E-state index < -0.39 is 0 Å². The molecule has 3 N–H and O–H groups in total. The lowest BCUT2D eigenvalue weighted by Gasteiger charge is -2.03. The first kappa shape index (κ1) is 10.5. The van der Waals surface area contributed by atoms with Crippen LogP contribution in [0.25, 0.3) is 0 Å². The number of hydrogen-bond acceptors (Lipinski definition) is 5. The van der Waals surface area contributed by atoms with Crippen molar-refractivity contribution in [1.82, 2.24) is 4.37 Å². The number of nitrogen functional groups attached to an aromatic ring is 1. The Kier molecular flexibility index (Phi) is 3.03. The van der Waals surface area contributed by atoms with Crippen LogP contribution in [-0.2, 0) is 6.54 Å². The first-order valence-corrected chi connectivity index (χ1v) is 5.51. The molecule has 0 saturated heterocycles. The average Bonchev–Trinajstić information content (AvgIpc) is 2.68. The van der Waals surface area contributed by atoms with Gasteiger partial charge >= 0.3 is 0 Å². The number of nitrogens with two attached hydrogens (primary N) is 1. The molecule has 0 spiro atoms. The molecule has 4 nitrogen and oxygen atoms in total. The minimum atomic E-state index is 0.295. The van der Waals surface area contributed by atoms with Crippen molar-refractivity contribution in [3.8, 4) is 6.07 Å². The Labute approximate surface area is 97.5 Å². The van der Waals surface area contributed by atoms with Crippen molar-refractivity contribution in [2.75, 3.05) is 11.1 Å². The van der Waals surface area contributed by atoms with Gasteiger partial charge in [0.2, 0.25) is 0 Å². The second-order valence-electron chi connectivity index (χ2n) is 3.22. The van der Waals surface area contributed by atoms with E-state index in [1.165, 1.54) is 11.5 Å². The van der Waals surface area contributed by atoms with E-state index in [4.69, 9.17) is 11.0 Å². The zero-order chi connectivity index (χ0) is 11.4. The smallest absolute Gasteiger partial charge is 0.157 e. The molecule has 0 saturated carbocycles. The van der Waals surface area contributed by atoms with Crippen LogP contribution in [0.15, 0.2) is 30.3 Å². The molecule has 0 aliphatic rings. The molecule has 16 heavy (non-hydrogen) atoms. The lowest BCUT2D eigenvalue weighted by Crippen LogP contribution is -1.99. The Morgan fingerprint density at radius 1 is 1.38 bits per heavy atom. The lowest BCUT2D eigenvalue weighted by atomic mass is 10.2. The molecule has 0 atom stereocenters. The summed E-state index contributed by atoms with van der Waals surface area (Å²) in [6.45, 7) is 0.664. The van der Waals surface area contributed by atoms with Crippen molar-refractivity contribution in [2.24, 2.45) is 0 Å². The second-order valence-corrected chi connectivity index (χ2v) is 4.00. The van der Waals surface area contributed by atoms with Gasteiger partial charge in [-0.1, -0.05) is 30.3 Å². The van der Waals surface area contributed by atoms with Crippen LogP contribution in [0.1, 0.15) is 11.1 Å². The third kappa shape index (κ3) is 2.12. The lowest BCUT2D eigenvalue weighted by molar-refractivity contribution is 1.16. The molecule has 0 aliphatic heterocycles. The largest absolute Gasteiger partial charge is 0.382 e. The van der Waals surface area contributed by atoms with Gasteiger partial charge in [0.05, 0.1) is 0 Å². The second kappa shape index (κ2) is 4.64. The van der Waals surface area contributed by atoms with Gasteiger partial charge in [-0.25, -0.2) is 0 Å². The van der Waals surface area contributed by atoms with E-state index in [1.807, 2.05) is 36.4 Å². The Morgan fingerprint density at radius 2 is 2.12 bits per heavy atom. The third-order valence-corrected chi connectivity index (χ3v) is 2.95. The van der Waals surface area contributed by atoms with Crippen molar-refractivity contribution < 1.29 is 0 Å². The van der Waals surface area contributed by atoms with E-state index in [9.17, 15) is 0 Å². The summed E-state index contributed by atoms with van der Waals surface area (Å²) >= 11 is 1.21. The Hall–Kier alpha value is -2.06. The highest BCUT2D eigenvalue weighted by atomic mass is 32.1. The maximum absolute atomic E-state index is 8.88. The summed E-state index contributed by atoms with van der Waals surface area (Å²) < 4.78 is 3.93. The molecular weight excluding hydrogens is 220 g/mol. The summed E-state index contributed by atoms with van der Waals surface area (Å²) in [5, 5.41) is 12.8. The van der Waals surface area contributed by atoms with E-state index in [2.05, 4.69) is 9.69 Å². The van der Waals surface area contributed by atoms with Gasteiger partial charge in [0.1, 0.15) is 16.6 Å². The van der Waals surface area contributed by atoms with Crippen molar-refractivity contribution in [2.45, 2.75) is 6.54 Å². The molecule has 0 radical (unpaired) electrons. The summed E-state index contributed by atoms with van der Waals surface area (Å²) in [4.78, 5) is 0. The van der Waals surface area contributed by atoms with E-state index in [-0.39, 0.29) is 0 Å². The number of anilines is 2. The maximum Gasteiger partial charge on any atom is 0.157 e. The predicted molar refractivity (Wildman–Crippen MR) is 65.0 cm³/mol. The molecule has 1 aromatic carbocycles. The fraction of sp³-hybridized carbons (Fsp3) is 0.0909. The third-order valence-electron chi connectivity index (χ3n) is 2.13. The quantitative estimate of drug-likeness (QED) is 0.847. The van der Waals surface area contributed by atoms with Gasteiger partial charge in [-0.2, -0.15) is 9.64 Å². The number of nitriles is 1. The molecule has 2 rings (SSSR count). The van der Waals surface area contributed by atoms with Gasteiger partial charge in [-0.3, -0.25) is 0 Å². The Balaban J connectivity index is 2.09. The summed E-state index contributed by atoms with van der Waals surface area (Å²) in [5.41, 5.74) is 7.14. The maximum atomic E-state index is 8.88. The monoisotopic (exact) mass is 230 g/mol. The number of rotatable bonds is 3. The normalized spacial score (nSPS) is 9.69. The summed E-state index contributed by atoms with van der Waals surface area (Å²) in [6.07, 6.45) is 0. The molecule has 5 heteroatoms. The molecule has 2 aromatic rings. The summed E-state index contributed by atoms with van der Waals surface area (Å²) in [6, 6.07) is 12.0. The predicted octanol–water partition coefficient (Wildman–Crippen LogP) is 2.21. The zero-order valence-corrected chi connectivity index (χ0v) is 9.29. The Morgan fingerprint density at radius 3 is 2.81 bits per heavy atom. The van der Waals surface area contributed by atoms with Crippen LogP contribution in [0.2, 0.25) is 0 Å². The van der Waals surface area contributed by atoms with Crippen LogP contribution < -0.4 is 11.1 Å². The van der Waals surface area contributed by atoms with Crippen LogP contribution in [0.3, 0.4) is 0 Å². The van der Waals surface area contributed by atoms with Crippen LogP contribution in [-0.4, -0.2) is 4.37 Å². The van der Waals surface area contributed by atoms with Crippen LogP contribution in [0.4, 0.5) is 10.8 Å². The van der Waals surface area contributed by atoms with Crippen LogP contribution >= 0.6 is 11.5 Å². The first-order chi connectivity index (χ1) is 7.81. The number of hydrogen-bond donors (Lipinski definition) is 2. The summed E-state index contributed by atoms with van der Waals surface area (Å²) in [7, 11) is 0. The SMILES string of the molecule is N#Cc1c(N)nsc1NCc1ccccc1. The molecule has 0 unspecified atom stereocenters. The van der Waals surface area contributed by atoms with Gasteiger partial charge in [-0.05, 0) is 17.1 Å². The van der Waals surface area contributed by atoms with Crippen molar-refractivity contribution in [1.29, 1.82) is 5.26 Å². The van der Waals surface area contributed by atoms with Crippen molar-refractivity contribution in [3.05, 3.63) is 41.5 Å². The molecular formula is C11H10N4S. The molecule has 0 aliphatic carbocycles. The van der Waals surface area contributed by atoms with Crippen LogP contribution in [0.5, 0.6) is 0 Å². The summed E-state index contributed by atoms with van der Waals surface area (Å²) in [5.74, 6) is 0.295. The van der Waals surface area contributed by atoms with Crippen molar-refractivity contribution >= 4 is 22.4 Å². The van der Waals surface area contributed by atoms with E-state index in [1.54, 1.807) is 0 Å². The van der Waals surface area contributed by atoms with Gasteiger partial charge in [-0.15, -0.1) is 0 Å². The standard InChI is InChI=1S/C11H10N4S/c12-6-9-10(13)15-16-11(9)14-7-8-4-2-1-3-5-8/h1-5,14H,7H2,(H2,13,15). The minimum absolute atomic E-state index is 0.295. The highest BCUT2D eigenvalue weighted by Crippen LogP contribution is 2.25. The first-order valence-electron chi connectivity index (χ1n) is 4.74. The molecule has 80 valence electrons.